The highest BCUT2D eigenvalue weighted by atomic mass is 79.9. The number of nitrogens with one attached hydrogen (secondary N) is 2. The van der Waals surface area contributed by atoms with Crippen LogP contribution in [0, 0.1) is 0 Å². The zero-order valence-corrected chi connectivity index (χ0v) is 19.9. The van der Waals surface area contributed by atoms with Gasteiger partial charge in [0.1, 0.15) is 5.75 Å². The van der Waals surface area contributed by atoms with Crippen LogP contribution in [-0.2, 0) is 9.59 Å². The van der Waals surface area contributed by atoms with E-state index < -0.39 is 0 Å². The van der Waals surface area contributed by atoms with E-state index >= 15 is 0 Å². The van der Waals surface area contributed by atoms with Gasteiger partial charge in [0.05, 0.1) is 16.4 Å². The molecule has 0 aliphatic heterocycles. The number of hydrazone groups is 1. The van der Waals surface area contributed by atoms with Crippen LogP contribution in [0.3, 0.4) is 0 Å². The van der Waals surface area contributed by atoms with E-state index in [-0.39, 0.29) is 24.2 Å². The van der Waals surface area contributed by atoms with Crippen LogP contribution in [0.1, 0.15) is 5.56 Å². The molecule has 0 atom stereocenters. The van der Waals surface area contributed by atoms with Crippen LogP contribution < -0.4 is 15.5 Å². The molecule has 164 valence electrons. The molecule has 0 unspecified atom stereocenters. The first kappa shape index (κ1) is 23.8. The number of anilines is 1. The minimum absolute atomic E-state index is 0.123. The van der Waals surface area contributed by atoms with Crippen molar-refractivity contribution in [2.45, 2.75) is 4.90 Å². The van der Waals surface area contributed by atoms with Crippen LogP contribution in [0.15, 0.2) is 87.3 Å². The van der Waals surface area contributed by atoms with E-state index in [1.165, 1.54) is 18.0 Å². The Kier molecular flexibility index (Phi) is 9.15. The van der Waals surface area contributed by atoms with Gasteiger partial charge in [-0.05, 0) is 76.1 Å². The fourth-order valence-corrected chi connectivity index (χ4v) is 3.79. The Labute approximate surface area is 203 Å². The summed E-state index contributed by atoms with van der Waals surface area (Å²) in [6, 6.07) is 21.7. The quantitative estimate of drug-likeness (QED) is 0.221. The molecular formula is C23H19BrClN3O3S. The normalized spacial score (nSPS) is 10.7. The molecule has 0 aromatic heterocycles. The molecule has 6 nitrogen and oxygen atoms in total. The second-order valence-electron chi connectivity index (χ2n) is 6.43. The molecule has 0 fully saturated rings. The van der Waals surface area contributed by atoms with Gasteiger partial charge in [-0.1, -0.05) is 29.8 Å². The molecule has 0 saturated carbocycles. The molecule has 2 amide bonds. The van der Waals surface area contributed by atoms with E-state index in [9.17, 15) is 9.59 Å². The summed E-state index contributed by atoms with van der Waals surface area (Å²) in [6.45, 7) is -0.123. The van der Waals surface area contributed by atoms with Crippen LogP contribution in [0.5, 0.6) is 5.75 Å². The molecule has 0 aliphatic rings. The highest BCUT2D eigenvalue weighted by Gasteiger charge is 2.07. The van der Waals surface area contributed by atoms with Gasteiger partial charge in [0, 0.05) is 15.6 Å². The Hall–Kier alpha value is -2.81. The molecule has 3 aromatic rings. The standard InChI is InChI=1S/C23H19BrClN3O3S/c24-20-12-16(13-26-28-23(30)15-32-19-9-7-17(25)8-10-19)6-11-21(20)31-14-22(29)27-18-4-2-1-3-5-18/h1-13H,14-15H2,(H,27,29)(H,28,30)/b26-13-. The predicted octanol–water partition coefficient (Wildman–Crippen LogP) is 5.36. The van der Waals surface area contributed by atoms with Gasteiger partial charge in [-0.15, -0.1) is 11.8 Å². The summed E-state index contributed by atoms with van der Waals surface area (Å²) in [7, 11) is 0. The summed E-state index contributed by atoms with van der Waals surface area (Å²) in [5.74, 6) is 0.284. The van der Waals surface area contributed by atoms with E-state index in [0.717, 1.165) is 10.5 Å². The second-order valence-corrected chi connectivity index (χ2v) is 8.77. The summed E-state index contributed by atoms with van der Waals surface area (Å²) < 4.78 is 6.23. The number of thioether (sulfide) groups is 1. The van der Waals surface area contributed by atoms with E-state index in [1.807, 2.05) is 30.3 Å². The number of rotatable bonds is 9. The largest absolute Gasteiger partial charge is 0.483 e. The van der Waals surface area contributed by atoms with Gasteiger partial charge >= 0.3 is 0 Å². The van der Waals surface area contributed by atoms with E-state index in [2.05, 4.69) is 31.8 Å². The van der Waals surface area contributed by atoms with Crippen molar-refractivity contribution < 1.29 is 14.3 Å². The number of hydrogen-bond donors (Lipinski definition) is 2. The lowest BCUT2D eigenvalue weighted by atomic mass is 10.2. The first-order chi connectivity index (χ1) is 15.5. The van der Waals surface area contributed by atoms with Crippen molar-refractivity contribution in [2.24, 2.45) is 5.10 Å². The average molecular weight is 533 g/mol. The Morgan fingerprint density at radius 2 is 1.78 bits per heavy atom. The first-order valence-corrected chi connectivity index (χ1v) is 11.6. The summed E-state index contributed by atoms with van der Waals surface area (Å²) in [4.78, 5) is 24.9. The van der Waals surface area contributed by atoms with Crippen LogP contribution in [0.2, 0.25) is 5.02 Å². The summed E-state index contributed by atoms with van der Waals surface area (Å²) in [5, 5.41) is 7.39. The SMILES string of the molecule is O=C(CSc1ccc(Cl)cc1)N/N=C\c1ccc(OCC(=O)Nc2ccccc2)c(Br)c1. The van der Waals surface area contributed by atoms with Gasteiger partial charge in [-0.3, -0.25) is 9.59 Å². The maximum atomic E-state index is 12.0. The van der Waals surface area contributed by atoms with Crippen molar-refractivity contribution in [3.8, 4) is 5.75 Å². The van der Waals surface area contributed by atoms with Gasteiger partial charge in [0.2, 0.25) is 5.91 Å². The van der Waals surface area contributed by atoms with Crippen molar-refractivity contribution >= 4 is 63.0 Å². The highest BCUT2D eigenvalue weighted by molar-refractivity contribution is 9.10. The second kappa shape index (κ2) is 12.3. The lowest BCUT2D eigenvalue weighted by molar-refractivity contribution is -0.119. The number of carbonyl (C=O) groups excluding carboxylic acids is 2. The minimum Gasteiger partial charge on any atom is -0.483 e. The molecule has 0 heterocycles. The molecule has 0 radical (unpaired) electrons. The van der Waals surface area contributed by atoms with Gasteiger partial charge in [0.15, 0.2) is 6.61 Å². The van der Waals surface area contributed by atoms with E-state index in [1.54, 1.807) is 42.5 Å². The minimum atomic E-state index is -0.257. The smallest absolute Gasteiger partial charge is 0.262 e. The van der Waals surface area contributed by atoms with Gasteiger partial charge in [-0.2, -0.15) is 5.10 Å². The third kappa shape index (κ3) is 8.03. The molecule has 3 aromatic carbocycles. The number of benzene rings is 3. The topological polar surface area (TPSA) is 79.8 Å². The number of halogens is 2. The van der Waals surface area contributed by atoms with Crippen LogP contribution in [-0.4, -0.2) is 30.4 Å². The Balaban J connectivity index is 1.43. The summed E-state index contributed by atoms with van der Waals surface area (Å²) in [5.41, 5.74) is 3.96. The Morgan fingerprint density at radius 3 is 2.50 bits per heavy atom. The van der Waals surface area contributed by atoms with Crippen molar-refractivity contribution in [2.75, 3.05) is 17.7 Å². The Bertz CT molecular complexity index is 1100. The predicted molar refractivity (Wildman–Crippen MR) is 133 cm³/mol. The molecule has 0 aliphatic carbocycles. The van der Waals surface area contributed by atoms with E-state index in [0.29, 0.717) is 20.9 Å². The number of para-hydroxylation sites is 1. The molecule has 9 heteroatoms. The molecule has 0 spiro atoms. The third-order valence-corrected chi connectivity index (χ3v) is 5.84. The monoisotopic (exact) mass is 531 g/mol. The average Bonchev–Trinajstić information content (AvgIpc) is 2.79. The zero-order chi connectivity index (χ0) is 22.8. The lowest BCUT2D eigenvalue weighted by Gasteiger charge is -2.09. The summed E-state index contributed by atoms with van der Waals surface area (Å²) in [6.07, 6.45) is 1.53. The fraction of sp³-hybridized carbons (Fsp3) is 0.0870. The fourth-order valence-electron chi connectivity index (χ4n) is 2.47. The maximum Gasteiger partial charge on any atom is 0.262 e. The first-order valence-electron chi connectivity index (χ1n) is 9.47. The highest BCUT2D eigenvalue weighted by Crippen LogP contribution is 2.25. The van der Waals surface area contributed by atoms with Crippen molar-refractivity contribution in [1.82, 2.24) is 5.43 Å². The van der Waals surface area contributed by atoms with Crippen LogP contribution >= 0.6 is 39.3 Å². The molecule has 0 saturated heterocycles. The zero-order valence-electron chi connectivity index (χ0n) is 16.8. The lowest BCUT2D eigenvalue weighted by Crippen LogP contribution is -2.20. The number of ether oxygens (including phenoxy) is 1. The third-order valence-electron chi connectivity index (χ3n) is 3.96. The van der Waals surface area contributed by atoms with Crippen LogP contribution in [0.25, 0.3) is 0 Å². The van der Waals surface area contributed by atoms with Crippen molar-refractivity contribution in [3.63, 3.8) is 0 Å². The summed E-state index contributed by atoms with van der Waals surface area (Å²) >= 11 is 10.7. The number of amides is 2. The Morgan fingerprint density at radius 1 is 1.03 bits per heavy atom. The number of carbonyl (C=O) groups is 2. The van der Waals surface area contributed by atoms with Crippen LogP contribution in [0.4, 0.5) is 5.69 Å². The van der Waals surface area contributed by atoms with Gasteiger partial charge < -0.3 is 10.1 Å². The molecule has 0 bridgehead atoms. The van der Waals surface area contributed by atoms with E-state index in [4.69, 9.17) is 16.3 Å². The maximum absolute atomic E-state index is 12.0. The molecular weight excluding hydrogens is 514 g/mol. The van der Waals surface area contributed by atoms with Crippen molar-refractivity contribution in [3.05, 3.63) is 87.9 Å². The molecule has 3 rings (SSSR count). The number of hydrogen-bond acceptors (Lipinski definition) is 5. The number of nitrogens with zero attached hydrogens (tertiary/aromatic N) is 1. The molecule has 2 N–H and O–H groups in total. The van der Waals surface area contributed by atoms with Crippen molar-refractivity contribution in [1.29, 1.82) is 0 Å². The molecule has 32 heavy (non-hydrogen) atoms. The van der Waals surface area contributed by atoms with Gasteiger partial charge in [-0.25, -0.2) is 5.43 Å². The van der Waals surface area contributed by atoms with Gasteiger partial charge in [0.25, 0.3) is 5.91 Å².